The van der Waals surface area contributed by atoms with Crippen molar-refractivity contribution in [2.45, 2.75) is 19.5 Å². The zero-order valence-electron chi connectivity index (χ0n) is 10.5. The zero-order chi connectivity index (χ0) is 13.3. The molecule has 0 fully saturated rings. The number of rotatable bonds is 6. The summed E-state index contributed by atoms with van der Waals surface area (Å²) in [6.45, 7) is 0.738. The van der Waals surface area contributed by atoms with Crippen LogP contribution in [0.2, 0.25) is 0 Å². The number of nitriles is 1. The Hall–Kier alpha value is -2.15. The fraction of sp³-hybridized carbons (Fsp3) is 0.188. The Morgan fingerprint density at radius 1 is 0.789 bits per heavy atom. The summed E-state index contributed by atoms with van der Waals surface area (Å²) in [4.78, 5) is 0. The first-order valence-electron chi connectivity index (χ1n) is 6.09. The van der Waals surface area contributed by atoms with E-state index in [1.165, 1.54) is 0 Å². The quantitative estimate of drug-likeness (QED) is 0.742. The molecule has 2 aromatic carbocycles. The van der Waals surface area contributed by atoms with Crippen molar-refractivity contribution in [1.29, 1.82) is 5.26 Å². The minimum absolute atomic E-state index is 0.369. The molecule has 0 aromatic heterocycles. The van der Waals surface area contributed by atoms with E-state index in [0.717, 1.165) is 11.1 Å². The van der Waals surface area contributed by atoms with Gasteiger partial charge in [0.25, 0.3) is 0 Å². The van der Waals surface area contributed by atoms with Crippen molar-refractivity contribution in [3.63, 3.8) is 0 Å². The Morgan fingerprint density at radius 2 is 1.21 bits per heavy atom. The third kappa shape index (κ3) is 4.55. The highest BCUT2D eigenvalue weighted by Crippen LogP contribution is 2.07. The lowest BCUT2D eigenvalue weighted by molar-refractivity contribution is -0.121. The van der Waals surface area contributed by atoms with Crippen LogP contribution in [0.15, 0.2) is 60.7 Å². The van der Waals surface area contributed by atoms with Crippen LogP contribution in [0.3, 0.4) is 0 Å². The van der Waals surface area contributed by atoms with E-state index in [2.05, 4.69) is 0 Å². The number of hydrogen-bond donors (Lipinski definition) is 0. The number of benzene rings is 2. The van der Waals surface area contributed by atoms with Crippen LogP contribution in [0, 0.1) is 11.3 Å². The molecule has 96 valence electrons. The van der Waals surface area contributed by atoms with E-state index in [9.17, 15) is 0 Å². The number of ether oxygens (including phenoxy) is 2. The van der Waals surface area contributed by atoms with Gasteiger partial charge in [0, 0.05) is 0 Å². The van der Waals surface area contributed by atoms with Crippen molar-refractivity contribution in [3.8, 4) is 6.07 Å². The largest absolute Gasteiger partial charge is 0.336 e. The molecule has 2 rings (SSSR count). The molecule has 0 bridgehead atoms. The summed E-state index contributed by atoms with van der Waals surface area (Å²) in [5.41, 5.74) is 2.04. The van der Waals surface area contributed by atoms with E-state index in [4.69, 9.17) is 14.7 Å². The monoisotopic (exact) mass is 253 g/mol. The second-order valence-corrected chi connectivity index (χ2v) is 4.05. The Morgan fingerprint density at radius 3 is 1.58 bits per heavy atom. The van der Waals surface area contributed by atoms with E-state index in [1.54, 1.807) is 0 Å². The van der Waals surface area contributed by atoms with E-state index in [0.29, 0.717) is 13.2 Å². The van der Waals surface area contributed by atoms with Gasteiger partial charge in [0.05, 0.1) is 13.2 Å². The fourth-order valence-corrected chi connectivity index (χ4v) is 1.61. The maximum atomic E-state index is 8.98. The molecule has 0 heterocycles. The molecule has 0 atom stereocenters. The Balaban J connectivity index is 1.80. The van der Waals surface area contributed by atoms with Gasteiger partial charge in [0.15, 0.2) is 0 Å². The standard InChI is InChI=1S/C16H15NO2/c17-11-16(18-12-14-7-3-1-4-8-14)19-13-15-9-5-2-6-10-15/h1-10,16H,12-13H2. The van der Waals surface area contributed by atoms with Crippen molar-refractivity contribution in [1.82, 2.24) is 0 Å². The van der Waals surface area contributed by atoms with Crippen LogP contribution in [0.4, 0.5) is 0 Å². The smallest absolute Gasteiger partial charge is 0.249 e. The van der Waals surface area contributed by atoms with Gasteiger partial charge in [0.2, 0.25) is 6.29 Å². The van der Waals surface area contributed by atoms with Crippen LogP contribution < -0.4 is 0 Å². The van der Waals surface area contributed by atoms with E-state index in [1.807, 2.05) is 66.7 Å². The molecule has 0 aliphatic carbocycles. The van der Waals surface area contributed by atoms with Crippen LogP contribution in [0.5, 0.6) is 0 Å². The van der Waals surface area contributed by atoms with Gasteiger partial charge in [-0.25, -0.2) is 0 Å². The third-order valence-corrected chi connectivity index (χ3v) is 2.59. The molecule has 3 heteroatoms. The summed E-state index contributed by atoms with van der Waals surface area (Å²) in [5.74, 6) is 0. The molecule has 0 saturated carbocycles. The van der Waals surface area contributed by atoms with Crippen LogP contribution in [0.1, 0.15) is 11.1 Å². The van der Waals surface area contributed by atoms with Gasteiger partial charge in [-0.2, -0.15) is 5.26 Å². The van der Waals surface area contributed by atoms with Gasteiger partial charge >= 0.3 is 0 Å². The molecular weight excluding hydrogens is 238 g/mol. The fourth-order valence-electron chi connectivity index (χ4n) is 1.61. The minimum atomic E-state index is -0.847. The van der Waals surface area contributed by atoms with Gasteiger partial charge in [0.1, 0.15) is 6.07 Å². The molecule has 0 amide bonds. The number of nitrogens with zero attached hydrogens (tertiary/aromatic N) is 1. The first-order valence-corrected chi connectivity index (χ1v) is 6.09. The van der Waals surface area contributed by atoms with Gasteiger partial charge in [-0.1, -0.05) is 60.7 Å². The number of hydrogen-bond acceptors (Lipinski definition) is 3. The summed E-state index contributed by atoms with van der Waals surface area (Å²) in [6, 6.07) is 21.4. The summed E-state index contributed by atoms with van der Waals surface area (Å²) >= 11 is 0. The molecule has 0 unspecified atom stereocenters. The van der Waals surface area contributed by atoms with Crippen molar-refractivity contribution in [3.05, 3.63) is 71.8 Å². The second kappa shape index (κ2) is 7.32. The van der Waals surface area contributed by atoms with Gasteiger partial charge in [-0.3, -0.25) is 0 Å². The summed E-state index contributed by atoms with van der Waals surface area (Å²) in [6.07, 6.45) is -0.847. The highest BCUT2D eigenvalue weighted by atomic mass is 16.7. The van der Waals surface area contributed by atoms with Crippen molar-refractivity contribution >= 4 is 0 Å². The summed E-state index contributed by atoms with van der Waals surface area (Å²) in [5, 5.41) is 8.98. The van der Waals surface area contributed by atoms with E-state index < -0.39 is 6.29 Å². The molecule has 0 aliphatic rings. The van der Waals surface area contributed by atoms with Crippen LogP contribution in [-0.4, -0.2) is 6.29 Å². The molecule has 0 N–H and O–H groups in total. The lowest BCUT2D eigenvalue weighted by Gasteiger charge is -2.12. The molecule has 3 nitrogen and oxygen atoms in total. The minimum Gasteiger partial charge on any atom is -0.336 e. The highest BCUT2D eigenvalue weighted by molar-refractivity contribution is 5.14. The normalized spacial score (nSPS) is 10.3. The molecule has 0 spiro atoms. The first kappa shape index (κ1) is 13.3. The Labute approximate surface area is 113 Å². The highest BCUT2D eigenvalue weighted by Gasteiger charge is 2.08. The molecule has 0 radical (unpaired) electrons. The van der Waals surface area contributed by atoms with Crippen molar-refractivity contribution < 1.29 is 9.47 Å². The molecular formula is C16H15NO2. The van der Waals surface area contributed by atoms with Crippen molar-refractivity contribution in [2.75, 3.05) is 0 Å². The average molecular weight is 253 g/mol. The predicted molar refractivity (Wildman–Crippen MR) is 71.9 cm³/mol. The maximum Gasteiger partial charge on any atom is 0.249 e. The summed E-state index contributed by atoms with van der Waals surface area (Å²) in [7, 11) is 0. The van der Waals surface area contributed by atoms with E-state index in [-0.39, 0.29) is 0 Å². The lowest BCUT2D eigenvalue weighted by atomic mass is 10.2. The molecule has 2 aromatic rings. The Bertz CT molecular complexity index is 476. The lowest BCUT2D eigenvalue weighted by Crippen LogP contribution is -2.14. The van der Waals surface area contributed by atoms with Gasteiger partial charge in [-0.15, -0.1) is 0 Å². The summed E-state index contributed by atoms with van der Waals surface area (Å²) < 4.78 is 10.8. The predicted octanol–water partition coefficient (Wildman–Crippen LogP) is 3.27. The first-order chi connectivity index (χ1) is 9.38. The Kier molecular flexibility index (Phi) is 5.12. The topological polar surface area (TPSA) is 42.2 Å². The zero-order valence-corrected chi connectivity index (χ0v) is 10.5. The second-order valence-electron chi connectivity index (χ2n) is 4.05. The molecule has 0 aliphatic heterocycles. The molecule has 19 heavy (non-hydrogen) atoms. The average Bonchev–Trinajstić information content (AvgIpc) is 2.49. The van der Waals surface area contributed by atoms with Crippen molar-refractivity contribution in [2.24, 2.45) is 0 Å². The van der Waals surface area contributed by atoms with Crippen LogP contribution in [-0.2, 0) is 22.7 Å². The van der Waals surface area contributed by atoms with E-state index >= 15 is 0 Å². The third-order valence-electron chi connectivity index (χ3n) is 2.59. The van der Waals surface area contributed by atoms with Gasteiger partial charge in [-0.05, 0) is 11.1 Å². The maximum absolute atomic E-state index is 8.98. The van der Waals surface area contributed by atoms with Gasteiger partial charge < -0.3 is 9.47 Å². The van der Waals surface area contributed by atoms with Crippen LogP contribution >= 0.6 is 0 Å². The molecule has 0 saturated heterocycles. The SMILES string of the molecule is N#CC(OCc1ccccc1)OCc1ccccc1. The van der Waals surface area contributed by atoms with Crippen LogP contribution in [0.25, 0.3) is 0 Å².